The molecule has 0 spiro atoms. The molecule has 0 radical (unpaired) electrons. The second-order valence-corrected chi connectivity index (χ2v) is 15.5. The maximum absolute atomic E-state index is 13.1. The van der Waals surface area contributed by atoms with Gasteiger partial charge >= 0.3 is 41.9 Å². The third-order valence-electron chi connectivity index (χ3n) is 7.89. The molecule has 0 unspecified atom stereocenters. The van der Waals surface area contributed by atoms with Crippen molar-refractivity contribution in [2.45, 2.75) is 89.4 Å². The van der Waals surface area contributed by atoms with Gasteiger partial charge in [-0.2, -0.15) is 0 Å². The molecule has 0 saturated carbocycles. The van der Waals surface area contributed by atoms with Gasteiger partial charge in [0, 0.05) is 44.0 Å². The first-order valence-electron chi connectivity index (χ1n) is 18.0. The van der Waals surface area contributed by atoms with Crippen molar-refractivity contribution in [3.8, 4) is 0 Å². The Hall–Kier alpha value is -5.58. The van der Waals surface area contributed by atoms with Crippen LogP contribution in [-0.4, -0.2) is 128 Å². The molecular formula is C35H50N6O15S2. The van der Waals surface area contributed by atoms with E-state index in [2.05, 4.69) is 31.9 Å². The van der Waals surface area contributed by atoms with Crippen molar-refractivity contribution < 1.29 is 73.5 Å². The predicted molar refractivity (Wildman–Crippen MR) is 209 cm³/mol. The molecule has 23 heteroatoms. The summed E-state index contributed by atoms with van der Waals surface area (Å²) in [6.07, 6.45) is -1.90. The number of benzene rings is 1. The highest BCUT2D eigenvalue weighted by atomic mass is 33.1. The zero-order valence-corrected chi connectivity index (χ0v) is 33.3. The molecule has 0 aliphatic heterocycles. The molecule has 0 aromatic heterocycles. The average Bonchev–Trinajstić information content (AvgIpc) is 3.14. The van der Waals surface area contributed by atoms with Crippen LogP contribution in [0.2, 0.25) is 0 Å². The molecule has 322 valence electrons. The Labute approximate surface area is 341 Å². The number of aliphatic carboxylic acids is 5. The summed E-state index contributed by atoms with van der Waals surface area (Å²) in [6, 6.07) is 0.932. The first-order chi connectivity index (χ1) is 27.4. The lowest BCUT2D eigenvalue weighted by Gasteiger charge is -2.21. The molecule has 1 aromatic carbocycles. The van der Waals surface area contributed by atoms with Crippen LogP contribution in [0.3, 0.4) is 0 Å². The van der Waals surface area contributed by atoms with Crippen LogP contribution in [0.4, 0.5) is 9.59 Å². The highest BCUT2D eigenvalue weighted by Crippen LogP contribution is 2.22. The number of hydrogen-bond acceptors (Lipinski definition) is 12. The number of carboxylic acid groups (broad SMARTS) is 5. The van der Waals surface area contributed by atoms with Crippen molar-refractivity contribution in [2.24, 2.45) is 5.92 Å². The molecule has 0 fully saturated rings. The standard InChI is InChI=1S/C35H50N6O15S2/c1-2-57-58-19-25(33(53)54)40-31(50)22(16-29(46)47)15-26(42)24(17-30(48)49)39-27(43)14-20-8-10-21(11-9-20)18-38-34(55)36-12-4-3-6-23(32(51)52)41-35(56)37-13-5-7-28(44)45/h8-11,22-25H,2-7,12-19H2,1H3,(H,39,43)(H,40,50)(H,44,45)(H,46,47)(H,48,49)(H,51,52)(H,53,54)(H2,36,38,55)(H2,37,41,56)/t22-,23-,24-,25-/m0/s1. The highest BCUT2D eigenvalue weighted by Gasteiger charge is 2.32. The fourth-order valence-electron chi connectivity index (χ4n) is 4.97. The number of urea groups is 2. The smallest absolute Gasteiger partial charge is 0.327 e. The minimum atomic E-state index is -1.62. The molecule has 0 saturated heterocycles. The third kappa shape index (κ3) is 22.8. The van der Waals surface area contributed by atoms with Crippen molar-refractivity contribution in [2.75, 3.05) is 24.6 Å². The molecule has 0 bridgehead atoms. The van der Waals surface area contributed by atoms with E-state index in [9.17, 15) is 68.4 Å². The number of carbonyl (C=O) groups is 10. The Bertz CT molecular complexity index is 1600. The number of ketones is 1. The lowest BCUT2D eigenvalue weighted by atomic mass is 9.93. The highest BCUT2D eigenvalue weighted by molar-refractivity contribution is 8.76. The lowest BCUT2D eigenvalue weighted by Crippen LogP contribution is -2.48. The normalized spacial score (nSPS) is 12.7. The molecule has 0 aliphatic carbocycles. The SMILES string of the molecule is CCSSC[C@H](NC(=O)[C@H](CC(=O)O)CC(=O)[C@H](CC(=O)O)NC(=O)Cc1ccc(CNC(=O)NCCCC[C@H](NC(=O)NCCCC(=O)O)C(=O)O)cc1)C(=O)O. The van der Waals surface area contributed by atoms with E-state index in [1.165, 1.54) is 21.6 Å². The zero-order chi connectivity index (χ0) is 43.6. The number of carbonyl (C=O) groups excluding carboxylic acids is 5. The summed E-state index contributed by atoms with van der Waals surface area (Å²) in [5.74, 6) is -10.2. The average molecular weight is 859 g/mol. The monoisotopic (exact) mass is 858 g/mol. The Morgan fingerprint density at radius 3 is 1.79 bits per heavy atom. The van der Waals surface area contributed by atoms with Crippen LogP contribution < -0.4 is 31.9 Å². The third-order valence-corrected chi connectivity index (χ3v) is 10.4. The number of nitrogens with one attached hydrogen (secondary N) is 6. The Kier molecular flexibility index (Phi) is 24.3. The van der Waals surface area contributed by atoms with Crippen molar-refractivity contribution >= 4 is 81.1 Å². The Morgan fingerprint density at radius 2 is 1.21 bits per heavy atom. The summed E-state index contributed by atoms with van der Waals surface area (Å²) >= 11 is 0. The summed E-state index contributed by atoms with van der Waals surface area (Å²) in [6.45, 7) is 2.20. The van der Waals surface area contributed by atoms with Crippen LogP contribution in [0.15, 0.2) is 24.3 Å². The van der Waals surface area contributed by atoms with Crippen LogP contribution in [0.1, 0.15) is 69.4 Å². The number of carboxylic acids is 5. The molecule has 58 heavy (non-hydrogen) atoms. The molecule has 0 heterocycles. The van der Waals surface area contributed by atoms with Gasteiger partial charge in [0.25, 0.3) is 0 Å². The van der Waals surface area contributed by atoms with Crippen molar-refractivity contribution in [3.63, 3.8) is 0 Å². The zero-order valence-electron chi connectivity index (χ0n) is 31.7. The molecular weight excluding hydrogens is 809 g/mol. The fraction of sp³-hybridized carbons (Fsp3) is 0.543. The molecule has 0 aliphatic rings. The van der Waals surface area contributed by atoms with Gasteiger partial charge in [-0.3, -0.25) is 28.8 Å². The van der Waals surface area contributed by atoms with Crippen LogP contribution in [0.5, 0.6) is 0 Å². The van der Waals surface area contributed by atoms with Gasteiger partial charge in [0.1, 0.15) is 12.1 Å². The molecule has 1 rings (SSSR count). The van der Waals surface area contributed by atoms with E-state index in [-0.39, 0.29) is 51.1 Å². The van der Waals surface area contributed by atoms with E-state index in [4.69, 9.17) is 5.11 Å². The van der Waals surface area contributed by atoms with Crippen molar-refractivity contribution in [1.29, 1.82) is 0 Å². The Balaban J connectivity index is 2.63. The van der Waals surface area contributed by atoms with Gasteiger partial charge in [0.05, 0.1) is 31.2 Å². The van der Waals surface area contributed by atoms with Crippen LogP contribution in [0, 0.1) is 5.92 Å². The summed E-state index contributed by atoms with van der Waals surface area (Å²) in [4.78, 5) is 120. The second kappa shape index (κ2) is 27.9. The summed E-state index contributed by atoms with van der Waals surface area (Å²) in [5.41, 5.74) is 1.10. The van der Waals surface area contributed by atoms with Gasteiger partial charge in [0.15, 0.2) is 5.78 Å². The maximum Gasteiger partial charge on any atom is 0.327 e. The van der Waals surface area contributed by atoms with Crippen LogP contribution >= 0.6 is 21.6 Å². The fourth-order valence-corrected chi connectivity index (χ4v) is 6.79. The van der Waals surface area contributed by atoms with Gasteiger partial charge < -0.3 is 57.4 Å². The maximum atomic E-state index is 13.1. The predicted octanol–water partition coefficient (Wildman–Crippen LogP) is 0.796. The van der Waals surface area contributed by atoms with Gasteiger partial charge in [-0.05, 0) is 36.8 Å². The van der Waals surface area contributed by atoms with Crippen LogP contribution in [-0.2, 0) is 51.3 Å². The minimum absolute atomic E-state index is 0.0376. The van der Waals surface area contributed by atoms with Gasteiger partial charge in [-0.15, -0.1) is 0 Å². The number of unbranched alkanes of at least 4 members (excludes halogenated alkanes) is 1. The molecule has 1 aromatic rings. The number of Topliss-reactive ketones (excluding diaryl/α,β-unsaturated/α-hetero) is 1. The van der Waals surface area contributed by atoms with Crippen molar-refractivity contribution in [3.05, 3.63) is 35.4 Å². The van der Waals surface area contributed by atoms with Gasteiger partial charge in [0.2, 0.25) is 11.8 Å². The molecule has 4 atom stereocenters. The Morgan fingerprint density at radius 1 is 0.603 bits per heavy atom. The van der Waals surface area contributed by atoms with E-state index in [0.717, 1.165) is 0 Å². The quantitative estimate of drug-likeness (QED) is 0.0376. The van der Waals surface area contributed by atoms with E-state index < -0.39 is 103 Å². The second-order valence-electron chi connectivity index (χ2n) is 12.7. The molecule has 21 nitrogen and oxygen atoms in total. The topological polar surface area (TPSA) is 344 Å². The largest absolute Gasteiger partial charge is 0.481 e. The number of amides is 6. The summed E-state index contributed by atoms with van der Waals surface area (Å²) < 4.78 is 0. The first kappa shape index (κ1) is 50.4. The van der Waals surface area contributed by atoms with Gasteiger partial charge in [-0.1, -0.05) is 52.8 Å². The number of rotatable bonds is 30. The van der Waals surface area contributed by atoms with E-state index in [1.54, 1.807) is 24.3 Å². The molecule has 6 amide bonds. The summed E-state index contributed by atoms with van der Waals surface area (Å²) in [7, 11) is 2.53. The van der Waals surface area contributed by atoms with Crippen molar-refractivity contribution in [1.82, 2.24) is 31.9 Å². The first-order valence-corrected chi connectivity index (χ1v) is 20.5. The van der Waals surface area contributed by atoms with E-state index in [0.29, 0.717) is 29.7 Å². The summed E-state index contributed by atoms with van der Waals surface area (Å²) in [5, 5.41) is 60.7. The van der Waals surface area contributed by atoms with E-state index in [1.807, 2.05) is 6.92 Å². The molecule has 11 N–H and O–H groups in total. The lowest BCUT2D eigenvalue weighted by molar-refractivity contribution is -0.145. The minimum Gasteiger partial charge on any atom is -0.481 e. The van der Waals surface area contributed by atoms with E-state index >= 15 is 0 Å². The number of hydrogen-bond donors (Lipinski definition) is 11. The van der Waals surface area contributed by atoms with Gasteiger partial charge in [-0.25, -0.2) is 19.2 Å². The van der Waals surface area contributed by atoms with Crippen LogP contribution in [0.25, 0.3) is 0 Å².